The lowest BCUT2D eigenvalue weighted by Crippen LogP contribution is -2.39. The number of ether oxygens (including phenoxy) is 1. The number of sulfonamides is 1. The number of nitrogens with one attached hydrogen (secondary N) is 1. The maximum absolute atomic E-state index is 12.1. The van der Waals surface area contributed by atoms with Gasteiger partial charge < -0.3 is 10.1 Å². The zero-order valence-corrected chi connectivity index (χ0v) is 24.1. The van der Waals surface area contributed by atoms with Gasteiger partial charge in [0.2, 0.25) is 10.0 Å². The van der Waals surface area contributed by atoms with E-state index in [0.29, 0.717) is 47.4 Å². The van der Waals surface area contributed by atoms with Crippen molar-refractivity contribution in [2.45, 2.75) is 18.9 Å². The molecule has 1 aliphatic heterocycles. The average molecular weight is 586 g/mol. The standard InChI is InChI=1S/C29H30Cl2N4O3S/c1-33-28(34-25-10-11-26(30)27(31)17-25)19-38-29(23-12-14-35(15-13-23)39(2,36)37)22-8-6-21(7-9-22)24-5-3-4-20(16-24)18-32/h3-11,16-17,23,29H,12-15,19H2,1-2H3,(H,33,34). The van der Waals surface area contributed by atoms with Crippen molar-refractivity contribution < 1.29 is 13.2 Å². The lowest BCUT2D eigenvalue weighted by Gasteiger charge is -2.35. The number of hydrogen-bond acceptors (Lipinski definition) is 5. The van der Waals surface area contributed by atoms with Crippen molar-refractivity contribution in [3.63, 3.8) is 0 Å². The molecule has 39 heavy (non-hydrogen) atoms. The second kappa shape index (κ2) is 12.9. The minimum atomic E-state index is -3.23. The Balaban J connectivity index is 1.54. The molecule has 1 saturated heterocycles. The second-order valence-electron chi connectivity index (χ2n) is 9.47. The summed E-state index contributed by atoms with van der Waals surface area (Å²) in [5, 5.41) is 13.4. The molecule has 204 valence electrons. The summed E-state index contributed by atoms with van der Waals surface area (Å²) < 4.78 is 32.1. The summed E-state index contributed by atoms with van der Waals surface area (Å²) in [6, 6.07) is 23.1. The van der Waals surface area contributed by atoms with E-state index in [9.17, 15) is 13.7 Å². The number of rotatable bonds is 8. The number of anilines is 1. The highest BCUT2D eigenvalue weighted by Crippen LogP contribution is 2.35. The molecule has 0 radical (unpaired) electrons. The molecule has 10 heteroatoms. The van der Waals surface area contributed by atoms with E-state index in [1.807, 2.05) is 48.5 Å². The molecule has 1 N–H and O–H groups in total. The maximum atomic E-state index is 12.1. The van der Waals surface area contributed by atoms with Crippen LogP contribution in [-0.2, 0) is 14.8 Å². The smallest absolute Gasteiger partial charge is 0.211 e. The van der Waals surface area contributed by atoms with Crippen LogP contribution in [0.2, 0.25) is 10.0 Å². The Bertz CT molecular complexity index is 1480. The maximum Gasteiger partial charge on any atom is 0.211 e. The van der Waals surface area contributed by atoms with E-state index in [0.717, 1.165) is 22.4 Å². The fourth-order valence-electron chi connectivity index (χ4n) is 4.71. The van der Waals surface area contributed by atoms with Crippen molar-refractivity contribution in [1.29, 1.82) is 5.26 Å². The summed E-state index contributed by atoms with van der Waals surface area (Å²) in [6.45, 7) is 1.14. The highest BCUT2D eigenvalue weighted by molar-refractivity contribution is 7.88. The molecule has 1 unspecified atom stereocenters. The third-order valence-corrected chi connectivity index (χ3v) is 8.88. The number of piperidine rings is 1. The second-order valence-corrected chi connectivity index (χ2v) is 12.3. The molecular weight excluding hydrogens is 555 g/mol. The van der Waals surface area contributed by atoms with Gasteiger partial charge in [-0.2, -0.15) is 5.26 Å². The molecule has 7 nitrogen and oxygen atoms in total. The Morgan fingerprint density at radius 1 is 1.08 bits per heavy atom. The van der Waals surface area contributed by atoms with E-state index in [1.165, 1.54) is 10.6 Å². The number of halogens is 2. The zero-order chi connectivity index (χ0) is 28.0. The van der Waals surface area contributed by atoms with Gasteiger partial charge in [0.05, 0.1) is 34.0 Å². The Hall–Kier alpha value is -2.93. The topological polar surface area (TPSA) is 94.8 Å². The summed E-state index contributed by atoms with van der Waals surface area (Å²) >= 11 is 12.2. The van der Waals surface area contributed by atoms with E-state index in [1.54, 1.807) is 25.2 Å². The van der Waals surface area contributed by atoms with Gasteiger partial charge >= 0.3 is 0 Å². The first kappa shape index (κ1) is 29.1. The summed E-state index contributed by atoms with van der Waals surface area (Å²) in [5.74, 6) is 0.746. The van der Waals surface area contributed by atoms with Gasteiger partial charge in [0, 0.05) is 25.8 Å². The van der Waals surface area contributed by atoms with Crippen LogP contribution in [0.15, 0.2) is 71.7 Å². The lowest BCUT2D eigenvalue weighted by molar-refractivity contribution is 0.0154. The van der Waals surface area contributed by atoms with Crippen molar-refractivity contribution in [2.75, 3.05) is 38.3 Å². The zero-order valence-electron chi connectivity index (χ0n) is 21.8. The average Bonchev–Trinajstić information content (AvgIpc) is 2.94. The first-order valence-electron chi connectivity index (χ1n) is 12.5. The van der Waals surface area contributed by atoms with Gasteiger partial charge in [0.1, 0.15) is 12.4 Å². The number of nitriles is 1. The molecule has 1 aliphatic rings. The molecule has 1 atom stereocenters. The van der Waals surface area contributed by atoms with Crippen LogP contribution in [0.25, 0.3) is 11.1 Å². The number of hydrogen-bond donors (Lipinski definition) is 1. The van der Waals surface area contributed by atoms with Crippen LogP contribution in [0.5, 0.6) is 0 Å². The quantitative estimate of drug-likeness (QED) is 0.244. The normalized spacial score (nSPS) is 16.0. The predicted molar refractivity (Wildman–Crippen MR) is 158 cm³/mol. The van der Waals surface area contributed by atoms with Gasteiger partial charge in [0.25, 0.3) is 0 Å². The summed E-state index contributed by atoms with van der Waals surface area (Å²) in [5.41, 5.74) is 4.31. The molecule has 0 aliphatic carbocycles. The van der Waals surface area contributed by atoms with E-state index in [-0.39, 0.29) is 18.6 Å². The highest BCUT2D eigenvalue weighted by atomic mass is 35.5. The Morgan fingerprint density at radius 2 is 1.79 bits per heavy atom. The molecule has 0 saturated carbocycles. The Labute approximate surface area is 240 Å². The molecule has 1 fully saturated rings. The molecule has 3 aromatic carbocycles. The van der Waals surface area contributed by atoms with Crippen LogP contribution in [0, 0.1) is 17.2 Å². The van der Waals surface area contributed by atoms with Gasteiger partial charge in [-0.25, -0.2) is 12.7 Å². The van der Waals surface area contributed by atoms with Crippen molar-refractivity contribution in [3.05, 3.63) is 87.9 Å². The Morgan fingerprint density at radius 3 is 2.41 bits per heavy atom. The van der Waals surface area contributed by atoms with Crippen LogP contribution in [0.4, 0.5) is 5.69 Å². The van der Waals surface area contributed by atoms with Crippen LogP contribution in [-0.4, -0.2) is 51.6 Å². The van der Waals surface area contributed by atoms with Crippen LogP contribution in [0.3, 0.4) is 0 Å². The molecule has 0 amide bonds. The fraction of sp³-hybridized carbons (Fsp3) is 0.310. The molecule has 0 bridgehead atoms. The van der Waals surface area contributed by atoms with Crippen LogP contribution >= 0.6 is 23.2 Å². The molecular formula is C29H30Cl2N4O3S. The number of aliphatic imine (C=N–C) groups is 1. The SMILES string of the molecule is CN=C(COC(c1ccc(-c2cccc(C#N)c2)cc1)C1CCN(S(C)(=O)=O)CC1)Nc1ccc(Cl)c(Cl)c1. The van der Waals surface area contributed by atoms with E-state index in [2.05, 4.69) is 16.4 Å². The minimum absolute atomic E-state index is 0.124. The minimum Gasteiger partial charge on any atom is -0.365 e. The van der Waals surface area contributed by atoms with Gasteiger partial charge in [-0.15, -0.1) is 0 Å². The van der Waals surface area contributed by atoms with Crippen molar-refractivity contribution in [2.24, 2.45) is 10.9 Å². The number of nitrogens with zero attached hydrogens (tertiary/aromatic N) is 3. The summed E-state index contributed by atoms with van der Waals surface area (Å²) in [4.78, 5) is 4.35. The largest absolute Gasteiger partial charge is 0.365 e. The molecule has 3 aromatic rings. The first-order chi connectivity index (χ1) is 18.7. The summed E-state index contributed by atoms with van der Waals surface area (Å²) in [6.07, 6.45) is 2.35. The first-order valence-corrected chi connectivity index (χ1v) is 15.1. The van der Waals surface area contributed by atoms with E-state index < -0.39 is 10.0 Å². The molecule has 0 spiro atoms. The van der Waals surface area contributed by atoms with Crippen molar-refractivity contribution >= 4 is 44.7 Å². The van der Waals surface area contributed by atoms with E-state index in [4.69, 9.17) is 27.9 Å². The van der Waals surface area contributed by atoms with Gasteiger partial charge in [-0.05, 0) is 65.8 Å². The lowest BCUT2D eigenvalue weighted by atomic mass is 9.87. The third-order valence-electron chi connectivity index (χ3n) is 6.84. The van der Waals surface area contributed by atoms with Crippen molar-refractivity contribution in [1.82, 2.24) is 4.31 Å². The van der Waals surface area contributed by atoms with E-state index >= 15 is 0 Å². The van der Waals surface area contributed by atoms with Crippen LogP contribution in [0.1, 0.15) is 30.1 Å². The molecule has 4 rings (SSSR count). The fourth-order valence-corrected chi connectivity index (χ4v) is 5.89. The monoisotopic (exact) mass is 584 g/mol. The van der Waals surface area contributed by atoms with Crippen LogP contribution < -0.4 is 5.32 Å². The third kappa shape index (κ3) is 7.59. The van der Waals surface area contributed by atoms with Crippen molar-refractivity contribution in [3.8, 4) is 17.2 Å². The Kier molecular flexibility index (Phi) is 9.65. The molecule has 0 aromatic heterocycles. The number of amidine groups is 1. The van der Waals surface area contributed by atoms with Gasteiger partial charge in [0.15, 0.2) is 0 Å². The van der Waals surface area contributed by atoms with Gasteiger partial charge in [-0.3, -0.25) is 4.99 Å². The molecule has 1 heterocycles. The number of benzene rings is 3. The summed E-state index contributed by atoms with van der Waals surface area (Å²) in [7, 11) is -1.54. The highest BCUT2D eigenvalue weighted by Gasteiger charge is 2.31. The predicted octanol–water partition coefficient (Wildman–Crippen LogP) is 6.40. The van der Waals surface area contributed by atoms with Gasteiger partial charge in [-0.1, -0.05) is 59.6 Å².